The van der Waals surface area contributed by atoms with Crippen molar-refractivity contribution in [2.24, 2.45) is 0 Å². The average Bonchev–Trinajstić information content (AvgIpc) is 1.72. The zero-order valence-electron chi connectivity index (χ0n) is 88.3. The van der Waals surface area contributed by atoms with Gasteiger partial charge in [0.1, 0.15) is 32.3 Å². The molecule has 133 heavy (non-hydrogen) atoms. The summed E-state index contributed by atoms with van der Waals surface area (Å²) in [4.78, 5) is 110. The summed E-state index contributed by atoms with van der Waals surface area (Å²) < 4.78 is 86.3. The smallest absolute Gasteiger partial charge is 0.412 e. The Morgan fingerprint density at radius 3 is 0.865 bits per heavy atom. The number of carbonyl (C=O) groups excluding carboxylic acids is 8. The molecule has 0 bridgehead atoms. The Labute approximate surface area is 804 Å². The third kappa shape index (κ3) is 61.7. The fourth-order valence-electron chi connectivity index (χ4n) is 15.1. The summed E-state index contributed by atoms with van der Waals surface area (Å²) in [6, 6.07) is 0.442. The van der Waals surface area contributed by atoms with E-state index in [9.17, 15) is 38.4 Å². The Morgan fingerprint density at radius 1 is 0.248 bits per heavy atom. The summed E-state index contributed by atoms with van der Waals surface area (Å²) in [6.45, 7) is 69.8. The second-order valence-corrected chi connectivity index (χ2v) is 38.7. The summed E-state index contributed by atoms with van der Waals surface area (Å²) in [6.07, 6.45) is 18.9. The molecule has 0 aromatic heterocycles. The molecule has 0 radical (unpaired) electrons. The van der Waals surface area contributed by atoms with Gasteiger partial charge in [-0.2, -0.15) is 0 Å². The molecule has 7 fully saturated rings. The molecule has 3 N–H and O–H groups in total. The molecule has 34 heteroatoms. The maximum absolute atomic E-state index is 12.2. The molecule has 0 aromatic rings. The van der Waals surface area contributed by atoms with Crippen LogP contribution in [0.3, 0.4) is 0 Å². The Balaban J connectivity index is 0.000000777. The number of carbonyl (C=O) groups is 8. The highest BCUT2D eigenvalue weighted by atomic mass is 16.7. The average molecular weight is 1910 g/mol. The number of hydrogen-bond donors (Lipinski definition) is 3. The number of nitrogens with zero attached hydrogens (tertiary/aromatic N) is 7. The van der Waals surface area contributed by atoms with E-state index in [1.165, 1.54) is 24.3 Å². The predicted octanol–water partition coefficient (Wildman–Crippen LogP) is 14.0. The van der Waals surface area contributed by atoms with Crippen molar-refractivity contribution in [2.45, 2.75) is 444 Å². The molecule has 7 heterocycles. The number of hydrogen-bond acceptors (Lipinski definition) is 26. The summed E-state index contributed by atoms with van der Waals surface area (Å²) in [5, 5.41) is 8.26. The summed E-state index contributed by atoms with van der Waals surface area (Å²) in [7, 11) is 0. The molecule has 7 rings (SSSR count). The van der Waals surface area contributed by atoms with E-state index in [0.717, 1.165) is 136 Å². The molecule has 0 saturated carbocycles. The van der Waals surface area contributed by atoms with Gasteiger partial charge in [-0.25, -0.2) is 9.59 Å². The van der Waals surface area contributed by atoms with E-state index in [0.29, 0.717) is 110 Å². The van der Waals surface area contributed by atoms with Gasteiger partial charge in [-0.15, -0.1) is 0 Å². The summed E-state index contributed by atoms with van der Waals surface area (Å²) >= 11 is 0. The van der Waals surface area contributed by atoms with E-state index in [4.69, 9.17) is 75.8 Å². The SMILES string of the molecule is CC(C)OCCC(=O)N1CCCC1C(=O)NCOC(C)C.CC(C)OCCC(=O)N1CCCC1COC(C)C.CC(C)OCCC(=O)N1CCCC1COC(C)C.CC(C)OCCCN1CCCC1C(=O)NCOC(C)C.CC(C)OCCCN1CCCC1COC(C)C.CC(C)OCNC(=O)C1CCCN1C(=O)OCOC(C)C.CC(C)OCOC(=O)N1CCCC1COC(C)C. The van der Waals surface area contributed by atoms with Gasteiger partial charge < -0.3 is 111 Å². The summed E-state index contributed by atoms with van der Waals surface area (Å²) in [5.74, 6) is 0.128. The van der Waals surface area contributed by atoms with Crippen molar-refractivity contribution in [3.8, 4) is 0 Å². The van der Waals surface area contributed by atoms with E-state index in [1.54, 1.807) is 9.80 Å². The van der Waals surface area contributed by atoms with Crippen LogP contribution < -0.4 is 16.0 Å². The third-order valence-electron chi connectivity index (χ3n) is 21.9. The molecule has 782 valence electrons. The Bertz CT molecular complexity index is 2760. The van der Waals surface area contributed by atoms with Gasteiger partial charge in [0.25, 0.3) is 0 Å². The van der Waals surface area contributed by atoms with Crippen LogP contribution in [0.5, 0.6) is 0 Å². The standard InChI is InChI=1S/C15H28N2O4.C15H30N2O3.C14H26N2O5.2C14H27NO3.C14H29NO2.C13H25NO4/c1-11(2)20-9-7-14(18)17-8-5-6-13(17)15(19)16-10-21-12(3)4;1-12(2)19-10-6-9-17-8-5-7-14(17)15(18)16-11-20-13(3)4;1-10(2)19-8-15-13(17)12-6-5-7-16(12)14(18)21-9-20-11(3)4;2*1-11(2)17-9-7-14(16)15-8-5-6-13(15)10-18-12(3)4;1-12(2)16-10-6-9-15-8-5-7-14(15)11-17-13(3)4;1-10(2)16-8-12-6-5-7-14(12)13(15)18-9-17-11(3)4/h11-13H,5-10H2,1-4H3,(H,16,19);12-14H,5-11H2,1-4H3,(H,16,18);10-12H,5-9H2,1-4H3,(H,15,17);2*11-13H,5-10H2,1-4H3;12-14H,5-11H2,1-4H3;10-12H,5-9H2,1-4H3. The normalized spacial score (nSPS) is 19.8. The Kier molecular flexibility index (Phi) is 70.6. The minimum absolute atomic E-state index is 0.00446. The van der Waals surface area contributed by atoms with Crippen molar-refractivity contribution in [1.82, 2.24) is 50.2 Å². The van der Waals surface area contributed by atoms with Gasteiger partial charge >= 0.3 is 12.2 Å². The Morgan fingerprint density at radius 2 is 0.496 bits per heavy atom. The van der Waals surface area contributed by atoms with Gasteiger partial charge in [-0.3, -0.25) is 43.5 Å². The van der Waals surface area contributed by atoms with Crippen molar-refractivity contribution in [3.63, 3.8) is 0 Å². The molecule has 0 spiro atoms. The lowest BCUT2D eigenvalue weighted by molar-refractivity contribution is -0.140. The van der Waals surface area contributed by atoms with E-state index < -0.39 is 12.1 Å². The minimum Gasteiger partial charge on any atom is -0.422 e. The molecule has 7 unspecified atom stereocenters. The first-order valence-corrected chi connectivity index (χ1v) is 50.6. The van der Waals surface area contributed by atoms with Gasteiger partial charge in [-0.05, 0) is 310 Å². The van der Waals surface area contributed by atoms with E-state index >= 15 is 0 Å². The lowest BCUT2D eigenvalue weighted by Gasteiger charge is -2.25. The van der Waals surface area contributed by atoms with Crippen LogP contribution in [0.2, 0.25) is 0 Å². The molecule has 7 atom stereocenters. The molecule has 8 amide bonds. The number of amides is 8. The first kappa shape index (κ1) is 126. The molecule has 7 aliphatic rings. The van der Waals surface area contributed by atoms with Crippen molar-refractivity contribution >= 4 is 47.6 Å². The molecule has 0 aliphatic carbocycles. The number of likely N-dealkylation sites (tertiary alicyclic amines) is 7. The zero-order valence-corrected chi connectivity index (χ0v) is 88.3. The minimum atomic E-state index is -0.516. The second-order valence-electron chi connectivity index (χ2n) is 38.7. The van der Waals surface area contributed by atoms with Crippen LogP contribution in [-0.4, -0.2) is 362 Å². The molecular weight excluding hydrogens is 1710 g/mol. The Hall–Kier alpha value is -5.28. The van der Waals surface area contributed by atoms with Crippen LogP contribution in [-0.2, 0) is 105 Å². The number of rotatable bonds is 52. The van der Waals surface area contributed by atoms with Gasteiger partial charge in [0.15, 0.2) is 13.6 Å². The van der Waals surface area contributed by atoms with Crippen LogP contribution in [0, 0.1) is 0 Å². The predicted molar refractivity (Wildman–Crippen MR) is 519 cm³/mol. The topological polar surface area (TPSA) is 343 Å². The molecular formula is C99H192N10O24. The van der Waals surface area contributed by atoms with Crippen LogP contribution in [0.15, 0.2) is 0 Å². The van der Waals surface area contributed by atoms with Crippen molar-refractivity contribution in [1.29, 1.82) is 0 Å². The third-order valence-corrected chi connectivity index (χ3v) is 21.9. The fourth-order valence-corrected chi connectivity index (χ4v) is 15.1. The molecule has 0 aromatic carbocycles. The van der Waals surface area contributed by atoms with E-state index in [2.05, 4.69) is 53.4 Å². The van der Waals surface area contributed by atoms with Crippen LogP contribution in [0.4, 0.5) is 9.59 Å². The highest BCUT2D eigenvalue weighted by Crippen LogP contribution is 2.26. The summed E-state index contributed by atoms with van der Waals surface area (Å²) in [5.41, 5.74) is 0. The molecule has 34 nitrogen and oxygen atoms in total. The second kappa shape index (κ2) is 74.7. The lowest BCUT2D eigenvalue weighted by atomic mass is 10.2. The van der Waals surface area contributed by atoms with Gasteiger partial charge in [0, 0.05) is 65.1 Å². The first-order chi connectivity index (χ1) is 62.9. The van der Waals surface area contributed by atoms with Gasteiger partial charge in [0.2, 0.25) is 35.4 Å². The molecule has 7 saturated heterocycles. The van der Waals surface area contributed by atoms with Crippen LogP contribution in [0.25, 0.3) is 0 Å². The van der Waals surface area contributed by atoms with Crippen LogP contribution in [0.1, 0.15) is 316 Å². The zero-order chi connectivity index (χ0) is 99.9. The van der Waals surface area contributed by atoms with Gasteiger partial charge in [-0.1, -0.05) is 0 Å². The van der Waals surface area contributed by atoms with Gasteiger partial charge in [0.05, 0.1) is 175 Å². The van der Waals surface area contributed by atoms with Crippen molar-refractivity contribution in [2.75, 3.05) is 152 Å². The monoisotopic (exact) mass is 1910 g/mol. The molecule has 7 aliphatic heterocycles. The van der Waals surface area contributed by atoms with Crippen molar-refractivity contribution < 1.29 is 114 Å². The van der Waals surface area contributed by atoms with E-state index in [-0.39, 0.29) is 172 Å². The quantitative estimate of drug-likeness (QED) is 0.0376. The van der Waals surface area contributed by atoms with E-state index in [1.807, 2.05) is 176 Å². The highest BCUT2D eigenvalue weighted by molar-refractivity contribution is 5.88. The maximum Gasteiger partial charge on any atom is 0.412 e. The van der Waals surface area contributed by atoms with Crippen LogP contribution >= 0.6 is 0 Å². The van der Waals surface area contributed by atoms with Crippen molar-refractivity contribution in [3.05, 3.63) is 0 Å². The number of nitrogens with one attached hydrogen (secondary N) is 3. The lowest BCUT2D eigenvalue weighted by Crippen LogP contribution is -2.47. The highest BCUT2D eigenvalue weighted by Gasteiger charge is 2.38. The largest absolute Gasteiger partial charge is 0.422 e. The first-order valence-electron chi connectivity index (χ1n) is 50.6. The maximum atomic E-state index is 12.2. The number of ether oxygens (including phenoxy) is 16. The fraction of sp³-hybridized carbons (Fsp3) is 0.919.